The summed E-state index contributed by atoms with van der Waals surface area (Å²) in [7, 11) is 0. The minimum atomic E-state index is -0.548. The third kappa shape index (κ3) is 5.91. The lowest BCUT2D eigenvalue weighted by Crippen LogP contribution is -2.51. The average Bonchev–Trinajstić information content (AvgIpc) is 3.24. The summed E-state index contributed by atoms with van der Waals surface area (Å²) in [4.78, 5) is 28.0. The fourth-order valence-corrected chi connectivity index (χ4v) is 4.06. The molecule has 5 heteroatoms. The van der Waals surface area contributed by atoms with Gasteiger partial charge in [0.15, 0.2) is 0 Å². The first kappa shape index (κ1) is 22.0. The van der Waals surface area contributed by atoms with Crippen molar-refractivity contribution in [3.63, 3.8) is 0 Å². The van der Waals surface area contributed by atoms with Gasteiger partial charge >= 0.3 is 0 Å². The first-order valence-electron chi connectivity index (χ1n) is 10.9. The van der Waals surface area contributed by atoms with Crippen molar-refractivity contribution < 1.29 is 14.0 Å². The molecular weight excluding hydrogens is 379 g/mol. The van der Waals surface area contributed by atoms with E-state index in [1.54, 1.807) is 17.0 Å². The summed E-state index contributed by atoms with van der Waals surface area (Å²) in [5, 5.41) is 3.14. The molecule has 4 nitrogen and oxygen atoms in total. The summed E-state index contributed by atoms with van der Waals surface area (Å²) in [6.07, 6.45) is 5.02. The molecular formula is C25H31FN2O2. The largest absolute Gasteiger partial charge is 0.352 e. The van der Waals surface area contributed by atoms with Gasteiger partial charge in [-0.2, -0.15) is 0 Å². The molecule has 0 aromatic heterocycles. The highest BCUT2D eigenvalue weighted by Gasteiger charge is 2.30. The van der Waals surface area contributed by atoms with E-state index in [0.29, 0.717) is 6.42 Å². The van der Waals surface area contributed by atoms with Crippen molar-refractivity contribution in [3.05, 3.63) is 71.0 Å². The SMILES string of the molecule is CC[C@H](C(=O)NC1CCCC1)N(Cc1ccc(F)cc1)C(=O)Cc1ccc(C)cc1. The van der Waals surface area contributed by atoms with Crippen molar-refractivity contribution in [3.8, 4) is 0 Å². The fraction of sp³-hybridized carbons (Fsp3) is 0.440. The lowest BCUT2D eigenvalue weighted by molar-refractivity contribution is -0.141. The summed E-state index contributed by atoms with van der Waals surface area (Å²) < 4.78 is 13.3. The molecule has 0 saturated heterocycles. The molecule has 0 radical (unpaired) electrons. The van der Waals surface area contributed by atoms with Gasteiger partial charge in [0.25, 0.3) is 0 Å². The molecule has 1 fully saturated rings. The highest BCUT2D eigenvalue weighted by molar-refractivity contribution is 5.88. The zero-order valence-electron chi connectivity index (χ0n) is 17.9. The van der Waals surface area contributed by atoms with Crippen LogP contribution in [0.1, 0.15) is 55.7 Å². The van der Waals surface area contributed by atoms with Crippen LogP contribution in [-0.2, 0) is 22.6 Å². The van der Waals surface area contributed by atoms with E-state index in [4.69, 9.17) is 0 Å². The fourth-order valence-electron chi connectivity index (χ4n) is 4.06. The summed E-state index contributed by atoms with van der Waals surface area (Å²) in [5.74, 6) is -0.511. The monoisotopic (exact) mass is 410 g/mol. The summed E-state index contributed by atoms with van der Waals surface area (Å²) in [5.41, 5.74) is 2.86. The Morgan fingerprint density at radius 2 is 1.63 bits per heavy atom. The van der Waals surface area contributed by atoms with Crippen molar-refractivity contribution in [2.75, 3.05) is 0 Å². The van der Waals surface area contributed by atoms with Gasteiger partial charge in [0.2, 0.25) is 11.8 Å². The molecule has 1 atom stereocenters. The Labute approximate surface area is 178 Å². The maximum Gasteiger partial charge on any atom is 0.243 e. The predicted octanol–water partition coefficient (Wildman–Crippen LogP) is 4.54. The van der Waals surface area contributed by atoms with E-state index in [1.165, 1.54) is 12.1 Å². The Balaban J connectivity index is 1.80. The van der Waals surface area contributed by atoms with Gasteiger partial charge in [0.05, 0.1) is 6.42 Å². The predicted molar refractivity (Wildman–Crippen MR) is 116 cm³/mol. The van der Waals surface area contributed by atoms with E-state index >= 15 is 0 Å². The normalized spacial score (nSPS) is 15.0. The van der Waals surface area contributed by atoms with Gasteiger partial charge in [-0.1, -0.05) is 61.7 Å². The van der Waals surface area contributed by atoms with E-state index in [-0.39, 0.29) is 36.6 Å². The van der Waals surface area contributed by atoms with Crippen LogP contribution in [0, 0.1) is 12.7 Å². The van der Waals surface area contributed by atoms with Crippen molar-refractivity contribution in [1.82, 2.24) is 10.2 Å². The molecule has 0 bridgehead atoms. The molecule has 0 heterocycles. The molecule has 1 aliphatic rings. The second-order valence-electron chi connectivity index (χ2n) is 8.22. The van der Waals surface area contributed by atoms with E-state index < -0.39 is 6.04 Å². The molecule has 1 saturated carbocycles. The van der Waals surface area contributed by atoms with Crippen LogP contribution >= 0.6 is 0 Å². The number of halogens is 1. The van der Waals surface area contributed by atoms with Crippen LogP contribution in [0.25, 0.3) is 0 Å². The average molecular weight is 411 g/mol. The van der Waals surface area contributed by atoms with Crippen LogP contribution in [0.5, 0.6) is 0 Å². The zero-order valence-corrected chi connectivity index (χ0v) is 17.9. The molecule has 0 spiro atoms. The lowest BCUT2D eigenvalue weighted by Gasteiger charge is -2.31. The number of nitrogens with zero attached hydrogens (tertiary/aromatic N) is 1. The number of benzene rings is 2. The summed E-state index contributed by atoms with van der Waals surface area (Å²) in [6, 6.07) is 13.6. The van der Waals surface area contributed by atoms with Crippen LogP contribution in [0.2, 0.25) is 0 Å². The smallest absolute Gasteiger partial charge is 0.243 e. The van der Waals surface area contributed by atoms with Crippen molar-refractivity contribution in [1.29, 1.82) is 0 Å². The lowest BCUT2D eigenvalue weighted by atomic mass is 10.1. The quantitative estimate of drug-likeness (QED) is 0.694. The molecule has 160 valence electrons. The number of carbonyl (C=O) groups excluding carboxylic acids is 2. The van der Waals surface area contributed by atoms with Gasteiger partial charge in [0.1, 0.15) is 11.9 Å². The van der Waals surface area contributed by atoms with Gasteiger partial charge in [-0.15, -0.1) is 0 Å². The molecule has 2 aromatic carbocycles. The first-order valence-corrected chi connectivity index (χ1v) is 10.9. The Morgan fingerprint density at radius 1 is 1.03 bits per heavy atom. The Bertz CT molecular complexity index is 842. The molecule has 1 aliphatic carbocycles. The molecule has 30 heavy (non-hydrogen) atoms. The molecule has 0 aliphatic heterocycles. The second-order valence-corrected chi connectivity index (χ2v) is 8.22. The number of rotatable bonds is 8. The van der Waals surface area contributed by atoms with Gasteiger partial charge in [-0.3, -0.25) is 9.59 Å². The first-order chi connectivity index (χ1) is 14.5. The molecule has 2 amide bonds. The standard InChI is InChI=1S/C25H31FN2O2/c1-3-23(25(30)27-22-6-4-5-7-22)28(17-20-12-14-21(26)15-13-20)24(29)16-19-10-8-18(2)9-11-19/h8-15,22-23H,3-7,16-17H2,1-2H3,(H,27,30)/t23-/m1/s1. The Kier molecular flexibility index (Phi) is 7.61. The van der Waals surface area contributed by atoms with Gasteiger partial charge in [-0.05, 0) is 49.4 Å². The second kappa shape index (κ2) is 10.4. The van der Waals surface area contributed by atoms with Crippen molar-refractivity contribution >= 4 is 11.8 Å². The number of carbonyl (C=O) groups is 2. The van der Waals surface area contributed by atoms with E-state index in [9.17, 15) is 14.0 Å². The molecule has 3 rings (SSSR count). The maximum absolute atomic E-state index is 13.3. The highest BCUT2D eigenvalue weighted by Crippen LogP contribution is 2.20. The minimum Gasteiger partial charge on any atom is -0.352 e. The van der Waals surface area contributed by atoms with E-state index in [1.807, 2.05) is 38.1 Å². The van der Waals surface area contributed by atoms with Gasteiger partial charge in [0, 0.05) is 12.6 Å². The van der Waals surface area contributed by atoms with Crippen molar-refractivity contribution in [2.24, 2.45) is 0 Å². The van der Waals surface area contributed by atoms with Crippen LogP contribution < -0.4 is 5.32 Å². The van der Waals surface area contributed by atoms with Crippen LogP contribution in [0.15, 0.2) is 48.5 Å². The molecule has 0 unspecified atom stereocenters. The number of nitrogens with one attached hydrogen (secondary N) is 1. The zero-order chi connectivity index (χ0) is 21.5. The van der Waals surface area contributed by atoms with Gasteiger partial charge in [-0.25, -0.2) is 4.39 Å². The van der Waals surface area contributed by atoms with Gasteiger partial charge < -0.3 is 10.2 Å². The number of amides is 2. The Hall–Kier alpha value is -2.69. The maximum atomic E-state index is 13.3. The number of hydrogen-bond acceptors (Lipinski definition) is 2. The summed E-state index contributed by atoms with van der Waals surface area (Å²) >= 11 is 0. The molecule has 1 N–H and O–H groups in total. The molecule has 2 aromatic rings. The van der Waals surface area contributed by atoms with Crippen LogP contribution in [-0.4, -0.2) is 28.8 Å². The Morgan fingerprint density at radius 3 is 2.23 bits per heavy atom. The van der Waals surface area contributed by atoms with E-state index in [0.717, 1.165) is 42.4 Å². The topological polar surface area (TPSA) is 49.4 Å². The third-order valence-electron chi connectivity index (χ3n) is 5.83. The number of hydrogen-bond donors (Lipinski definition) is 1. The summed E-state index contributed by atoms with van der Waals surface area (Å²) in [6.45, 7) is 4.21. The third-order valence-corrected chi connectivity index (χ3v) is 5.83. The minimum absolute atomic E-state index is 0.0937. The van der Waals surface area contributed by atoms with Crippen LogP contribution in [0.4, 0.5) is 4.39 Å². The number of aryl methyl sites for hydroxylation is 1. The highest BCUT2D eigenvalue weighted by atomic mass is 19.1. The van der Waals surface area contributed by atoms with E-state index in [2.05, 4.69) is 5.32 Å². The van der Waals surface area contributed by atoms with Crippen LogP contribution in [0.3, 0.4) is 0 Å². The van der Waals surface area contributed by atoms with Crippen molar-refractivity contribution in [2.45, 2.75) is 71.0 Å².